The van der Waals surface area contributed by atoms with Crippen LogP contribution in [0.15, 0.2) is 71.9 Å². The second-order valence-electron chi connectivity index (χ2n) is 5.69. The van der Waals surface area contributed by atoms with Crippen molar-refractivity contribution < 1.29 is 9.47 Å². The van der Waals surface area contributed by atoms with Crippen LogP contribution in [0, 0.1) is 0 Å². The van der Waals surface area contributed by atoms with E-state index < -0.39 is 20.6 Å². The fourth-order valence-corrected chi connectivity index (χ4v) is 20.0. The molecule has 14 heteroatoms. The van der Waals surface area contributed by atoms with E-state index in [0.717, 1.165) is 21.3 Å². The summed E-state index contributed by atoms with van der Waals surface area (Å²) in [5.74, 6) is 1.51. The molecule has 152 valence electrons. The minimum Gasteiger partial charge on any atom is -0.497 e. The molecule has 9 nitrogen and oxygen atoms in total. The average Bonchev–Trinajstić information content (AvgIpc) is 2.60. The van der Waals surface area contributed by atoms with E-state index in [0.29, 0.717) is 0 Å². The van der Waals surface area contributed by atoms with Crippen LogP contribution in [0.5, 0.6) is 11.5 Å². The highest BCUT2D eigenvalue weighted by molar-refractivity contribution is 8.91. The van der Waals surface area contributed by atoms with E-state index in [-0.39, 0.29) is 0 Å². The molecule has 0 atom stereocenters. The van der Waals surface area contributed by atoms with E-state index in [9.17, 15) is 0 Å². The van der Waals surface area contributed by atoms with Gasteiger partial charge >= 0.3 is 0 Å². The minimum absolute atomic E-state index is 0.756. The van der Waals surface area contributed by atoms with Gasteiger partial charge in [-0.1, -0.05) is 0 Å². The van der Waals surface area contributed by atoms with Gasteiger partial charge in [-0.05, 0) is 71.3 Å². The fraction of sp³-hybridized carbons (Fsp3) is 0.143. The largest absolute Gasteiger partial charge is 0.497 e. The molecule has 2 aromatic carbocycles. The van der Waals surface area contributed by atoms with E-state index in [1.165, 1.54) is 22.8 Å². The highest BCUT2D eigenvalue weighted by Crippen LogP contribution is 2.84. The van der Waals surface area contributed by atoms with Gasteiger partial charge in [-0.3, -0.25) is 22.0 Å². The molecule has 3 rings (SSSR count). The Morgan fingerprint density at radius 1 is 0.643 bits per heavy atom. The zero-order chi connectivity index (χ0) is 20.4. The summed E-state index contributed by atoms with van der Waals surface area (Å²) in [4.78, 5) is 1.87. The molecule has 0 aromatic heterocycles. The van der Waals surface area contributed by atoms with Crippen molar-refractivity contribution in [2.45, 2.75) is 9.79 Å². The molecule has 2 aromatic rings. The SMILES string of the molecule is COc1ccc(SP2(Sc3ccc(OC)cc3)=NP(N)(N)=NP(N)(N)=N2)cc1. The van der Waals surface area contributed by atoms with Gasteiger partial charge in [0.1, 0.15) is 11.5 Å². The van der Waals surface area contributed by atoms with Crippen molar-refractivity contribution in [3.8, 4) is 11.5 Å². The monoisotopic (exact) mass is 477 g/mol. The van der Waals surface area contributed by atoms with E-state index in [1.807, 2.05) is 48.5 Å². The van der Waals surface area contributed by atoms with E-state index in [1.54, 1.807) is 14.2 Å². The lowest BCUT2D eigenvalue weighted by atomic mass is 10.3. The van der Waals surface area contributed by atoms with Gasteiger partial charge in [-0.25, -0.2) is 0 Å². The predicted molar refractivity (Wildman–Crippen MR) is 122 cm³/mol. The zero-order valence-electron chi connectivity index (χ0n) is 15.2. The third-order valence-corrected chi connectivity index (χ3v) is 17.9. The summed E-state index contributed by atoms with van der Waals surface area (Å²) in [6.45, 7) is 0. The highest BCUT2D eigenvalue weighted by atomic mass is 33.1. The van der Waals surface area contributed by atoms with Crippen LogP contribution in [0.4, 0.5) is 0 Å². The lowest BCUT2D eigenvalue weighted by molar-refractivity contribution is 0.414. The summed E-state index contributed by atoms with van der Waals surface area (Å²) < 4.78 is 24.0. The van der Waals surface area contributed by atoms with Crippen molar-refractivity contribution in [1.29, 1.82) is 0 Å². The second kappa shape index (κ2) is 8.56. The van der Waals surface area contributed by atoms with E-state index in [2.05, 4.69) is 4.52 Å². The predicted octanol–water partition coefficient (Wildman–Crippen LogP) is 5.28. The molecule has 1 heterocycles. The van der Waals surface area contributed by atoms with Crippen molar-refractivity contribution in [3.63, 3.8) is 0 Å². The molecular weight excluding hydrogens is 455 g/mol. The maximum absolute atomic E-state index is 6.15. The molecule has 0 saturated carbocycles. The second-order valence-corrected chi connectivity index (χ2v) is 17.8. The van der Waals surface area contributed by atoms with Gasteiger partial charge < -0.3 is 9.47 Å². The number of nitrogens with two attached hydrogens (primary N) is 4. The molecule has 1 aliphatic heterocycles. The Kier molecular flexibility index (Phi) is 6.72. The Hall–Kier alpha value is -0.730. The number of rotatable bonds is 6. The first-order chi connectivity index (χ1) is 13.1. The molecule has 1 aliphatic rings. The number of ether oxygens (including phenoxy) is 2. The van der Waals surface area contributed by atoms with Crippen LogP contribution in [0.25, 0.3) is 0 Å². The molecule has 28 heavy (non-hydrogen) atoms. The van der Waals surface area contributed by atoms with Gasteiger partial charge in [0.25, 0.3) is 0 Å². The summed E-state index contributed by atoms with van der Waals surface area (Å²) in [6, 6.07) is 15.2. The van der Waals surface area contributed by atoms with Crippen LogP contribution in [0.3, 0.4) is 0 Å². The minimum atomic E-state index is -2.97. The van der Waals surface area contributed by atoms with Crippen molar-refractivity contribution >= 4 is 43.4 Å². The lowest BCUT2D eigenvalue weighted by Gasteiger charge is -2.28. The first kappa shape index (κ1) is 22.0. The van der Waals surface area contributed by atoms with Crippen molar-refractivity contribution in [1.82, 2.24) is 0 Å². The molecular formula is C14H22N7O2P3S2. The van der Waals surface area contributed by atoms with Gasteiger partial charge in [-0.15, -0.1) is 0 Å². The highest BCUT2D eigenvalue weighted by Gasteiger charge is 2.32. The third-order valence-electron chi connectivity index (χ3n) is 3.37. The summed E-state index contributed by atoms with van der Waals surface area (Å²) >= 11 is 2.94. The molecule has 0 bridgehead atoms. The topological polar surface area (TPSA) is 160 Å². The summed E-state index contributed by atoms with van der Waals surface area (Å²) in [5.41, 5.74) is 22.0. The average molecular weight is 477 g/mol. The molecule has 0 spiro atoms. The molecule has 0 amide bonds. The lowest BCUT2D eigenvalue weighted by Crippen LogP contribution is -2.10. The Labute approximate surface area is 172 Å². The van der Waals surface area contributed by atoms with Gasteiger partial charge in [0, 0.05) is 9.79 Å². The van der Waals surface area contributed by atoms with Crippen LogP contribution in [0.1, 0.15) is 0 Å². The van der Waals surface area contributed by atoms with E-state index in [4.69, 9.17) is 40.5 Å². The first-order valence-corrected chi connectivity index (χ1v) is 16.1. The number of nitrogens with zero attached hydrogens (tertiary/aromatic N) is 3. The summed E-state index contributed by atoms with van der Waals surface area (Å²) in [7, 11) is -2.70. The number of methoxy groups -OCH3 is 2. The Balaban J connectivity index is 2.07. The molecule has 0 unspecified atom stereocenters. The maximum atomic E-state index is 6.15. The molecule has 8 N–H and O–H groups in total. The first-order valence-electron chi connectivity index (χ1n) is 7.87. The van der Waals surface area contributed by atoms with Gasteiger partial charge in [0.2, 0.25) is 20.6 Å². The van der Waals surface area contributed by atoms with Gasteiger partial charge in [0.15, 0.2) is 0 Å². The maximum Gasteiger partial charge on any atom is 0.209 e. The van der Waals surface area contributed by atoms with Gasteiger partial charge in [0.05, 0.1) is 14.2 Å². The zero-order valence-corrected chi connectivity index (χ0v) is 19.6. The Morgan fingerprint density at radius 2 is 1.04 bits per heavy atom. The fourth-order valence-electron chi connectivity index (χ4n) is 2.28. The van der Waals surface area contributed by atoms with Crippen LogP contribution in [0.2, 0.25) is 0 Å². The number of hydrogen-bond donors (Lipinski definition) is 4. The van der Waals surface area contributed by atoms with E-state index >= 15 is 0 Å². The quantitative estimate of drug-likeness (QED) is 0.409. The third kappa shape index (κ3) is 5.66. The molecule has 0 fully saturated rings. The molecule has 0 saturated heterocycles. The van der Waals surface area contributed by atoms with Crippen LogP contribution < -0.4 is 31.5 Å². The van der Waals surface area contributed by atoms with Crippen LogP contribution in [-0.2, 0) is 0 Å². The van der Waals surface area contributed by atoms with Crippen LogP contribution in [-0.4, -0.2) is 14.2 Å². The standard InChI is InChI=1S/C14H22N7O2P3S2/c1-22-11-3-7-13(8-4-11)27-26(20-24(15,16)19-25(17,18)21-26)28-14-9-5-12(23-2)6-10-14/h3-10H,15-18H2,1-2H3. The Bertz CT molecular complexity index is 955. The number of hydrogen-bond acceptors (Lipinski definition) is 11. The summed E-state index contributed by atoms with van der Waals surface area (Å²) in [6.07, 6.45) is 0. The Morgan fingerprint density at radius 3 is 1.39 bits per heavy atom. The van der Waals surface area contributed by atoms with Crippen molar-refractivity contribution in [3.05, 3.63) is 48.5 Å². The smallest absolute Gasteiger partial charge is 0.209 e. The normalized spacial score (nSPS) is 18.9. The summed E-state index contributed by atoms with van der Waals surface area (Å²) in [5, 5.41) is 0. The van der Waals surface area contributed by atoms with Crippen molar-refractivity contribution in [2.75, 3.05) is 14.2 Å². The molecule has 0 aliphatic carbocycles. The molecule has 0 radical (unpaired) electrons. The van der Waals surface area contributed by atoms with Crippen molar-refractivity contribution in [2.24, 2.45) is 35.6 Å². The van der Waals surface area contributed by atoms with Gasteiger partial charge in [-0.2, -0.15) is 13.5 Å². The number of benzene rings is 2. The van der Waals surface area contributed by atoms with Crippen LogP contribution >= 0.6 is 43.4 Å².